The zero-order chi connectivity index (χ0) is 20.4. The SMILES string of the molecule is COc1cccc(C(=O)Nc2nn(Cc3cccc(Cl)c3)c3ccc(F)cc23)c1. The van der Waals surface area contributed by atoms with E-state index in [1.807, 2.05) is 18.2 Å². The number of nitrogens with one attached hydrogen (secondary N) is 1. The summed E-state index contributed by atoms with van der Waals surface area (Å²) >= 11 is 6.07. The molecule has 1 amide bonds. The van der Waals surface area contributed by atoms with Crippen molar-refractivity contribution in [3.8, 4) is 5.75 Å². The predicted molar refractivity (Wildman–Crippen MR) is 111 cm³/mol. The van der Waals surface area contributed by atoms with Gasteiger partial charge >= 0.3 is 0 Å². The van der Waals surface area contributed by atoms with Crippen LogP contribution in [0.4, 0.5) is 10.2 Å². The number of hydrogen-bond donors (Lipinski definition) is 1. The van der Waals surface area contributed by atoms with Crippen LogP contribution in [0, 0.1) is 5.82 Å². The number of nitrogens with zero attached hydrogens (tertiary/aromatic N) is 2. The van der Waals surface area contributed by atoms with E-state index in [9.17, 15) is 9.18 Å². The molecular formula is C22H17ClFN3O2. The summed E-state index contributed by atoms with van der Waals surface area (Å²) in [4.78, 5) is 12.7. The highest BCUT2D eigenvalue weighted by molar-refractivity contribution is 6.30. The Morgan fingerprint density at radius 3 is 2.76 bits per heavy atom. The molecule has 0 atom stereocenters. The smallest absolute Gasteiger partial charge is 0.257 e. The second kappa shape index (κ2) is 7.93. The Hall–Kier alpha value is -3.38. The van der Waals surface area contributed by atoms with Gasteiger partial charge in [0.05, 0.1) is 19.2 Å². The highest BCUT2D eigenvalue weighted by Crippen LogP contribution is 2.26. The second-order valence-electron chi connectivity index (χ2n) is 6.48. The van der Waals surface area contributed by atoms with E-state index < -0.39 is 5.82 Å². The zero-order valence-electron chi connectivity index (χ0n) is 15.5. The molecule has 0 fully saturated rings. The molecular weight excluding hydrogens is 393 g/mol. The minimum Gasteiger partial charge on any atom is -0.497 e. The van der Waals surface area contributed by atoms with Crippen LogP contribution >= 0.6 is 11.6 Å². The van der Waals surface area contributed by atoms with Crippen LogP contribution in [-0.2, 0) is 6.54 Å². The monoisotopic (exact) mass is 409 g/mol. The average molecular weight is 410 g/mol. The van der Waals surface area contributed by atoms with Crippen LogP contribution in [0.15, 0.2) is 66.7 Å². The molecule has 3 aromatic carbocycles. The van der Waals surface area contributed by atoms with Crippen LogP contribution in [-0.4, -0.2) is 22.8 Å². The molecule has 0 bridgehead atoms. The molecule has 0 radical (unpaired) electrons. The summed E-state index contributed by atoms with van der Waals surface area (Å²) in [6, 6.07) is 18.6. The van der Waals surface area contributed by atoms with Crippen LogP contribution in [0.25, 0.3) is 10.9 Å². The van der Waals surface area contributed by atoms with Gasteiger partial charge in [-0.1, -0.05) is 29.8 Å². The molecule has 4 aromatic rings. The minimum absolute atomic E-state index is 0.286. The number of aromatic nitrogens is 2. The van der Waals surface area contributed by atoms with Crippen molar-refractivity contribution in [1.82, 2.24) is 9.78 Å². The number of rotatable bonds is 5. The Kier molecular flexibility index (Phi) is 5.18. The van der Waals surface area contributed by atoms with Gasteiger partial charge in [-0.3, -0.25) is 9.48 Å². The Morgan fingerprint density at radius 1 is 1.14 bits per heavy atom. The van der Waals surface area contributed by atoms with Crippen molar-refractivity contribution in [2.75, 3.05) is 12.4 Å². The fourth-order valence-corrected chi connectivity index (χ4v) is 3.33. The van der Waals surface area contributed by atoms with E-state index in [-0.39, 0.29) is 11.7 Å². The largest absolute Gasteiger partial charge is 0.497 e. The van der Waals surface area contributed by atoms with E-state index in [2.05, 4.69) is 10.4 Å². The second-order valence-corrected chi connectivity index (χ2v) is 6.92. The third kappa shape index (κ3) is 4.07. The first kappa shape index (κ1) is 19.0. The summed E-state index contributed by atoms with van der Waals surface area (Å²) in [5.41, 5.74) is 2.06. The van der Waals surface area contributed by atoms with E-state index in [4.69, 9.17) is 16.3 Å². The number of methoxy groups -OCH3 is 1. The minimum atomic E-state index is -0.406. The number of fused-ring (bicyclic) bond motifs is 1. The molecule has 0 unspecified atom stereocenters. The van der Waals surface area contributed by atoms with E-state index >= 15 is 0 Å². The van der Waals surface area contributed by atoms with Gasteiger partial charge in [0.25, 0.3) is 5.91 Å². The fourth-order valence-electron chi connectivity index (χ4n) is 3.12. The van der Waals surface area contributed by atoms with Crippen molar-refractivity contribution < 1.29 is 13.9 Å². The Morgan fingerprint density at radius 2 is 1.97 bits per heavy atom. The fraction of sp³-hybridized carbons (Fsp3) is 0.0909. The van der Waals surface area contributed by atoms with E-state index in [0.29, 0.717) is 33.8 Å². The molecule has 0 aliphatic heterocycles. The van der Waals surface area contributed by atoms with Gasteiger partial charge in [-0.25, -0.2) is 4.39 Å². The molecule has 5 nitrogen and oxygen atoms in total. The number of carbonyl (C=O) groups is 1. The molecule has 146 valence electrons. The standard InChI is InChI=1S/C22H17ClFN3O2/c1-29-18-7-3-5-15(11-18)22(28)25-21-19-12-17(24)8-9-20(19)27(26-21)13-14-4-2-6-16(23)10-14/h2-12H,13H2,1H3,(H,25,26,28). The first-order chi connectivity index (χ1) is 14.0. The van der Waals surface area contributed by atoms with Crippen molar-refractivity contribution >= 4 is 34.2 Å². The Bertz CT molecular complexity index is 1210. The van der Waals surface area contributed by atoms with Crippen molar-refractivity contribution in [2.45, 2.75) is 6.54 Å². The highest BCUT2D eigenvalue weighted by atomic mass is 35.5. The van der Waals surface area contributed by atoms with Gasteiger partial charge in [0.15, 0.2) is 5.82 Å². The van der Waals surface area contributed by atoms with Crippen molar-refractivity contribution in [2.24, 2.45) is 0 Å². The maximum atomic E-state index is 13.9. The maximum Gasteiger partial charge on any atom is 0.257 e. The van der Waals surface area contributed by atoms with E-state index in [1.54, 1.807) is 41.1 Å². The Balaban J connectivity index is 1.70. The summed E-state index contributed by atoms with van der Waals surface area (Å²) in [6.45, 7) is 0.428. The topological polar surface area (TPSA) is 56.1 Å². The number of benzene rings is 3. The first-order valence-corrected chi connectivity index (χ1v) is 9.27. The average Bonchev–Trinajstić information content (AvgIpc) is 3.04. The summed E-state index contributed by atoms with van der Waals surface area (Å²) in [7, 11) is 1.53. The number of anilines is 1. The van der Waals surface area contributed by atoms with E-state index in [1.165, 1.54) is 19.2 Å². The molecule has 0 aliphatic carbocycles. The van der Waals surface area contributed by atoms with Gasteiger partial charge in [-0.15, -0.1) is 0 Å². The molecule has 0 spiro atoms. The van der Waals surface area contributed by atoms with Gasteiger partial charge in [0.1, 0.15) is 11.6 Å². The number of halogens is 2. The normalized spacial score (nSPS) is 10.9. The molecule has 1 aromatic heterocycles. The third-order valence-electron chi connectivity index (χ3n) is 4.50. The van der Waals surface area contributed by atoms with Crippen molar-refractivity contribution in [3.05, 3.63) is 88.7 Å². The summed E-state index contributed by atoms with van der Waals surface area (Å²) in [5, 5.41) is 8.42. The molecule has 1 N–H and O–H groups in total. The lowest BCUT2D eigenvalue weighted by molar-refractivity contribution is 0.102. The number of ether oxygens (including phenoxy) is 1. The van der Waals surface area contributed by atoms with Gasteiger partial charge in [-0.05, 0) is 54.1 Å². The quantitative estimate of drug-likeness (QED) is 0.496. The first-order valence-electron chi connectivity index (χ1n) is 8.89. The van der Waals surface area contributed by atoms with Crippen LogP contribution in [0.2, 0.25) is 5.02 Å². The lowest BCUT2D eigenvalue weighted by atomic mass is 10.2. The molecule has 0 saturated carbocycles. The Labute approximate surface area is 171 Å². The van der Waals surface area contributed by atoms with Crippen LogP contribution in [0.1, 0.15) is 15.9 Å². The summed E-state index contributed by atoms with van der Waals surface area (Å²) in [6.07, 6.45) is 0. The van der Waals surface area contributed by atoms with Gasteiger partial charge in [0, 0.05) is 16.0 Å². The molecule has 1 heterocycles. The van der Waals surface area contributed by atoms with Gasteiger partial charge in [-0.2, -0.15) is 5.10 Å². The van der Waals surface area contributed by atoms with E-state index in [0.717, 1.165) is 5.56 Å². The summed E-state index contributed by atoms with van der Waals surface area (Å²) < 4.78 is 20.8. The molecule has 4 rings (SSSR count). The predicted octanol–water partition coefficient (Wildman–Crippen LogP) is 5.14. The van der Waals surface area contributed by atoms with Crippen LogP contribution in [0.3, 0.4) is 0 Å². The number of hydrogen-bond acceptors (Lipinski definition) is 3. The summed E-state index contributed by atoms with van der Waals surface area (Å²) in [5.74, 6) is 0.0912. The lowest BCUT2D eigenvalue weighted by Crippen LogP contribution is -2.13. The molecule has 7 heteroatoms. The highest BCUT2D eigenvalue weighted by Gasteiger charge is 2.16. The molecule has 0 saturated heterocycles. The van der Waals surface area contributed by atoms with Crippen LogP contribution in [0.5, 0.6) is 5.75 Å². The number of carbonyl (C=O) groups excluding carboxylic acids is 1. The molecule has 0 aliphatic rings. The molecule has 29 heavy (non-hydrogen) atoms. The van der Waals surface area contributed by atoms with Crippen molar-refractivity contribution in [3.63, 3.8) is 0 Å². The van der Waals surface area contributed by atoms with Crippen LogP contribution < -0.4 is 10.1 Å². The zero-order valence-corrected chi connectivity index (χ0v) is 16.3. The van der Waals surface area contributed by atoms with Crippen molar-refractivity contribution in [1.29, 1.82) is 0 Å². The van der Waals surface area contributed by atoms with Gasteiger partial charge in [0.2, 0.25) is 0 Å². The maximum absolute atomic E-state index is 13.9. The van der Waals surface area contributed by atoms with Gasteiger partial charge < -0.3 is 10.1 Å². The number of amides is 1. The lowest BCUT2D eigenvalue weighted by Gasteiger charge is -2.05. The third-order valence-corrected chi connectivity index (χ3v) is 4.73.